The number of pyridine rings is 1. The lowest BCUT2D eigenvalue weighted by molar-refractivity contribution is -0.116. The minimum Gasteiger partial charge on any atom is -0.383 e. The smallest absolute Gasteiger partial charge is 0.237 e. The quantitative estimate of drug-likeness (QED) is 0.853. The molecule has 0 bridgehead atoms. The highest BCUT2D eigenvalue weighted by Crippen LogP contribution is 2.33. The number of aromatic nitrogens is 1. The number of nitrogens with zero attached hydrogens (tertiary/aromatic N) is 4. The first-order chi connectivity index (χ1) is 12.0. The van der Waals surface area contributed by atoms with Crippen LogP contribution in [0.3, 0.4) is 0 Å². The molecule has 2 aromatic rings. The van der Waals surface area contributed by atoms with Gasteiger partial charge in [-0.1, -0.05) is 30.0 Å². The molecule has 6 nitrogen and oxygen atoms in total. The first kappa shape index (κ1) is 16.8. The number of nitriles is 2. The summed E-state index contributed by atoms with van der Waals surface area (Å²) < 4.78 is 0. The third-order valence-corrected chi connectivity index (χ3v) is 5.04. The second-order valence-electron chi connectivity index (χ2n) is 5.73. The molecule has 0 saturated heterocycles. The van der Waals surface area contributed by atoms with Gasteiger partial charge in [0.1, 0.15) is 23.0 Å². The Labute approximate surface area is 149 Å². The van der Waals surface area contributed by atoms with Gasteiger partial charge in [0.05, 0.1) is 16.9 Å². The van der Waals surface area contributed by atoms with Crippen LogP contribution in [-0.4, -0.2) is 22.7 Å². The summed E-state index contributed by atoms with van der Waals surface area (Å²) in [5.74, 6) is 0.165. The molecule has 1 atom stereocenters. The molecule has 0 saturated carbocycles. The van der Waals surface area contributed by atoms with Crippen LogP contribution in [0.2, 0.25) is 0 Å². The van der Waals surface area contributed by atoms with Gasteiger partial charge in [0.25, 0.3) is 0 Å². The fourth-order valence-corrected chi connectivity index (χ4v) is 3.76. The van der Waals surface area contributed by atoms with E-state index in [-0.39, 0.29) is 34.6 Å². The number of amides is 1. The predicted molar refractivity (Wildman–Crippen MR) is 95.9 cm³/mol. The molecule has 124 valence electrons. The maximum atomic E-state index is 12.7. The van der Waals surface area contributed by atoms with Crippen molar-refractivity contribution in [2.45, 2.75) is 24.4 Å². The van der Waals surface area contributed by atoms with Gasteiger partial charge in [-0.25, -0.2) is 4.98 Å². The summed E-state index contributed by atoms with van der Waals surface area (Å²) in [6.45, 7) is 2.02. The molecular weight excluding hydrogens is 334 g/mol. The van der Waals surface area contributed by atoms with Crippen LogP contribution in [-0.2, 0) is 11.2 Å². The average Bonchev–Trinajstić information content (AvgIpc) is 2.95. The first-order valence-electron chi connectivity index (χ1n) is 7.68. The van der Waals surface area contributed by atoms with E-state index in [1.807, 2.05) is 43.3 Å². The number of nitrogens with two attached hydrogens (primary N) is 1. The van der Waals surface area contributed by atoms with E-state index >= 15 is 0 Å². The Morgan fingerprint density at radius 2 is 2.08 bits per heavy atom. The molecule has 3 rings (SSSR count). The zero-order valence-corrected chi connectivity index (χ0v) is 14.4. The highest BCUT2D eigenvalue weighted by atomic mass is 32.2. The molecule has 0 unspecified atom stereocenters. The van der Waals surface area contributed by atoms with Crippen LogP contribution in [0.15, 0.2) is 35.4 Å². The van der Waals surface area contributed by atoms with Crippen LogP contribution < -0.4 is 10.6 Å². The molecule has 0 radical (unpaired) electrons. The van der Waals surface area contributed by atoms with Crippen molar-refractivity contribution in [2.75, 3.05) is 16.4 Å². The van der Waals surface area contributed by atoms with Crippen LogP contribution in [0, 0.1) is 22.7 Å². The lowest BCUT2D eigenvalue weighted by atomic mass is 10.1. The monoisotopic (exact) mass is 349 g/mol. The Kier molecular flexibility index (Phi) is 4.60. The largest absolute Gasteiger partial charge is 0.383 e. The van der Waals surface area contributed by atoms with Crippen molar-refractivity contribution in [3.63, 3.8) is 0 Å². The van der Waals surface area contributed by atoms with Gasteiger partial charge in [-0.2, -0.15) is 10.5 Å². The molecular formula is C18H15N5OS. The average molecular weight is 349 g/mol. The number of carbonyl (C=O) groups is 1. The molecule has 1 aromatic carbocycles. The zero-order valence-electron chi connectivity index (χ0n) is 13.6. The van der Waals surface area contributed by atoms with Crippen LogP contribution in [0.4, 0.5) is 11.5 Å². The standard InChI is InChI=1S/C18H15N5OS/c1-11-6-12-4-2-3-5-15(12)23(11)16(24)10-25-18-14(9-20)7-13(8-19)17(21)22-18/h2-5,7,11H,6,10H2,1H3,(H2,21,22)/t11-/m1/s1. The minimum atomic E-state index is -0.0453. The number of hydrogen-bond acceptors (Lipinski definition) is 6. The number of hydrogen-bond donors (Lipinski definition) is 1. The van der Waals surface area contributed by atoms with Crippen LogP contribution >= 0.6 is 11.8 Å². The van der Waals surface area contributed by atoms with E-state index in [9.17, 15) is 10.1 Å². The molecule has 0 aliphatic carbocycles. The van der Waals surface area contributed by atoms with Crippen molar-refractivity contribution in [2.24, 2.45) is 0 Å². The fraction of sp³-hybridized carbons (Fsp3) is 0.222. The topological polar surface area (TPSA) is 107 Å². The van der Waals surface area contributed by atoms with Gasteiger partial charge in [0, 0.05) is 11.7 Å². The third kappa shape index (κ3) is 3.15. The minimum absolute atomic E-state index is 0.0453. The molecule has 1 amide bonds. The number of rotatable bonds is 3. The normalized spacial score (nSPS) is 15.3. The molecule has 7 heteroatoms. The van der Waals surface area contributed by atoms with Gasteiger partial charge in [0.15, 0.2) is 0 Å². The van der Waals surface area contributed by atoms with Gasteiger partial charge >= 0.3 is 0 Å². The Morgan fingerprint density at radius 1 is 1.36 bits per heavy atom. The van der Waals surface area contributed by atoms with Crippen molar-refractivity contribution in [1.82, 2.24) is 4.98 Å². The van der Waals surface area contributed by atoms with E-state index in [0.29, 0.717) is 5.03 Å². The summed E-state index contributed by atoms with van der Waals surface area (Å²) in [4.78, 5) is 18.6. The highest BCUT2D eigenvalue weighted by Gasteiger charge is 2.30. The van der Waals surface area contributed by atoms with E-state index in [0.717, 1.165) is 29.4 Å². The third-order valence-electron chi connectivity index (χ3n) is 4.07. The molecule has 0 spiro atoms. The molecule has 1 aliphatic heterocycles. The lowest BCUT2D eigenvalue weighted by Gasteiger charge is -2.22. The van der Waals surface area contributed by atoms with Gasteiger partial charge in [-0.05, 0) is 31.0 Å². The van der Waals surface area contributed by atoms with Crippen molar-refractivity contribution in [3.05, 3.63) is 47.0 Å². The summed E-state index contributed by atoms with van der Waals surface area (Å²) in [5, 5.41) is 18.6. The molecule has 2 N–H and O–H groups in total. The van der Waals surface area contributed by atoms with Crippen LogP contribution in [0.25, 0.3) is 0 Å². The van der Waals surface area contributed by atoms with Crippen LogP contribution in [0.5, 0.6) is 0 Å². The number of para-hydroxylation sites is 1. The predicted octanol–water partition coefficient (Wildman–Crippen LogP) is 2.48. The Bertz CT molecular complexity index is 928. The van der Waals surface area contributed by atoms with Gasteiger partial charge in [-0.3, -0.25) is 4.79 Å². The maximum absolute atomic E-state index is 12.7. The number of carbonyl (C=O) groups excluding carboxylic acids is 1. The summed E-state index contributed by atoms with van der Waals surface area (Å²) in [6, 6.07) is 13.3. The molecule has 1 aromatic heterocycles. The highest BCUT2D eigenvalue weighted by molar-refractivity contribution is 8.00. The van der Waals surface area contributed by atoms with E-state index < -0.39 is 0 Å². The van der Waals surface area contributed by atoms with Gasteiger partial charge in [0.2, 0.25) is 5.91 Å². The Balaban J connectivity index is 1.79. The van der Waals surface area contributed by atoms with E-state index in [1.165, 1.54) is 6.07 Å². The summed E-state index contributed by atoms with van der Waals surface area (Å²) in [7, 11) is 0. The van der Waals surface area contributed by atoms with Crippen molar-refractivity contribution >= 4 is 29.2 Å². The second kappa shape index (κ2) is 6.84. The number of anilines is 2. The van der Waals surface area contributed by atoms with Crippen LogP contribution in [0.1, 0.15) is 23.6 Å². The molecule has 1 aliphatic rings. The summed E-state index contributed by atoms with van der Waals surface area (Å²) >= 11 is 1.16. The number of benzene rings is 1. The van der Waals surface area contributed by atoms with Gasteiger partial charge < -0.3 is 10.6 Å². The van der Waals surface area contributed by atoms with Crippen molar-refractivity contribution < 1.29 is 4.79 Å². The number of fused-ring (bicyclic) bond motifs is 1. The first-order valence-corrected chi connectivity index (χ1v) is 8.67. The molecule has 0 fully saturated rings. The zero-order chi connectivity index (χ0) is 18.0. The second-order valence-corrected chi connectivity index (χ2v) is 6.70. The Hall–Kier alpha value is -3.03. The molecule has 2 heterocycles. The molecule has 25 heavy (non-hydrogen) atoms. The summed E-state index contributed by atoms with van der Waals surface area (Å²) in [6.07, 6.45) is 0.831. The summed E-state index contributed by atoms with van der Waals surface area (Å²) in [5.41, 5.74) is 8.22. The maximum Gasteiger partial charge on any atom is 0.237 e. The van der Waals surface area contributed by atoms with E-state index in [4.69, 9.17) is 11.0 Å². The van der Waals surface area contributed by atoms with Crippen molar-refractivity contribution in [1.29, 1.82) is 10.5 Å². The van der Waals surface area contributed by atoms with E-state index in [2.05, 4.69) is 4.98 Å². The number of thioether (sulfide) groups is 1. The fourth-order valence-electron chi connectivity index (χ4n) is 2.93. The van der Waals surface area contributed by atoms with E-state index in [1.54, 1.807) is 4.90 Å². The Morgan fingerprint density at radius 3 is 2.80 bits per heavy atom. The SMILES string of the molecule is C[C@@H]1Cc2ccccc2N1C(=O)CSc1nc(N)c(C#N)cc1C#N. The van der Waals surface area contributed by atoms with Gasteiger partial charge in [-0.15, -0.1) is 0 Å². The number of nitrogen functional groups attached to an aromatic ring is 1. The van der Waals surface area contributed by atoms with Crippen molar-refractivity contribution in [3.8, 4) is 12.1 Å². The lowest BCUT2D eigenvalue weighted by Crippen LogP contribution is -2.37.